The highest BCUT2D eigenvalue weighted by Crippen LogP contribution is 2.19. The van der Waals surface area contributed by atoms with Crippen molar-refractivity contribution in [3.8, 4) is 5.69 Å². The van der Waals surface area contributed by atoms with Crippen molar-refractivity contribution in [3.63, 3.8) is 0 Å². The number of aromatic nitrogens is 1. The summed E-state index contributed by atoms with van der Waals surface area (Å²) in [6, 6.07) is 7.50. The van der Waals surface area contributed by atoms with E-state index in [1.54, 1.807) is 24.4 Å². The topological polar surface area (TPSA) is 48.8 Å². The zero-order chi connectivity index (χ0) is 20.4. The second-order valence-corrected chi connectivity index (χ2v) is 7.78. The number of amides is 1. The minimum absolute atomic E-state index is 0.135. The van der Waals surface area contributed by atoms with E-state index >= 15 is 0 Å². The number of carbonyl (C=O) groups is 1. The number of likely N-dealkylation sites (N-methyl/N-ethyl adjacent to an activating group) is 1. The molecule has 0 N–H and O–H groups in total. The maximum atomic E-state index is 13.2. The molecule has 154 valence electrons. The van der Waals surface area contributed by atoms with Crippen LogP contribution in [0.15, 0.2) is 41.3 Å². The summed E-state index contributed by atoms with van der Waals surface area (Å²) in [6.07, 6.45) is 2.48. The molecule has 3 heterocycles. The fraction of sp³-hybridized carbons (Fsp3) is 0.455. The van der Waals surface area contributed by atoms with Gasteiger partial charge in [0.1, 0.15) is 5.82 Å². The van der Waals surface area contributed by atoms with E-state index < -0.39 is 0 Å². The third kappa shape index (κ3) is 4.41. The molecule has 0 radical (unpaired) electrons. The number of pyridine rings is 1. The molecule has 0 bridgehead atoms. The van der Waals surface area contributed by atoms with Crippen LogP contribution in [-0.4, -0.2) is 71.0 Å². The summed E-state index contributed by atoms with van der Waals surface area (Å²) < 4.78 is 14.7. The number of hydrogen-bond donors (Lipinski definition) is 0. The van der Waals surface area contributed by atoms with Crippen molar-refractivity contribution in [2.24, 2.45) is 0 Å². The number of carbonyl (C=O) groups excluding carboxylic acids is 1. The Kier molecular flexibility index (Phi) is 5.78. The van der Waals surface area contributed by atoms with E-state index in [0.29, 0.717) is 31.7 Å². The molecule has 0 atom stereocenters. The summed E-state index contributed by atoms with van der Waals surface area (Å²) in [5.74, 6) is -0.198. The summed E-state index contributed by atoms with van der Waals surface area (Å²) in [6.45, 7) is 8.68. The normalized spacial score (nSPS) is 17.9. The molecule has 1 amide bonds. The van der Waals surface area contributed by atoms with Gasteiger partial charge in [-0.2, -0.15) is 0 Å². The Morgan fingerprint density at radius 3 is 2.38 bits per heavy atom. The Hall–Kier alpha value is -2.51. The number of nitrogens with zero attached hydrogens (tertiary/aromatic N) is 4. The minimum atomic E-state index is -0.337. The van der Waals surface area contributed by atoms with Crippen LogP contribution in [0, 0.1) is 5.82 Å². The molecule has 1 saturated heterocycles. The van der Waals surface area contributed by atoms with Crippen LogP contribution in [0.25, 0.3) is 5.69 Å². The van der Waals surface area contributed by atoms with Crippen molar-refractivity contribution in [2.45, 2.75) is 19.9 Å². The molecule has 2 aliphatic rings. The van der Waals surface area contributed by atoms with Crippen LogP contribution in [0.1, 0.15) is 18.1 Å². The lowest BCUT2D eigenvalue weighted by molar-refractivity contribution is -0.133. The molecule has 4 rings (SSSR count). The van der Waals surface area contributed by atoms with Gasteiger partial charge in [0.15, 0.2) is 0 Å². The molecule has 1 aromatic carbocycles. The number of fused-ring (bicyclic) bond motifs is 1. The third-order valence-electron chi connectivity index (χ3n) is 5.97. The van der Waals surface area contributed by atoms with Gasteiger partial charge < -0.3 is 9.80 Å². The molecule has 0 spiro atoms. The molecule has 0 saturated carbocycles. The van der Waals surface area contributed by atoms with Crippen molar-refractivity contribution >= 4 is 5.91 Å². The van der Waals surface area contributed by atoms with Crippen molar-refractivity contribution in [1.82, 2.24) is 19.3 Å². The molecule has 2 aliphatic heterocycles. The third-order valence-corrected chi connectivity index (χ3v) is 5.97. The number of rotatable bonds is 4. The average Bonchev–Trinajstić information content (AvgIpc) is 2.74. The van der Waals surface area contributed by atoms with Gasteiger partial charge in [-0.3, -0.25) is 19.1 Å². The zero-order valence-electron chi connectivity index (χ0n) is 16.8. The Bertz CT molecular complexity index is 933. The van der Waals surface area contributed by atoms with E-state index in [1.165, 1.54) is 16.7 Å². The van der Waals surface area contributed by atoms with Gasteiger partial charge in [0, 0.05) is 57.2 Å². The summed E-state index contributed by atoms with van der Waals surface area (Å²) in [4.78, 5) is 31.8. The molecular weight excluding hydrogens is 371 g/mol. The molecule has 2 aromatic rings. The second-order valence-electron chi connectivity index (χ2n) is 7.78. The van der Waals surface area contributed by atoms with Gasteiger partial charge in [-0.25, -0.2) is 4.39 Å². The minimum Gasteiger partial charge on any atom is -0.337 e. The largest absolute Gasteiger partial charge is 0.337 e. The maximum Gasteiger partial charge on any atom is 0.255 e. The fourth-order valence-corrected chi connectivity index (χ4v) is 4.10. The Morgan fingerprint density at radius 1 is 1.00 bits per heavy atom. The first-order chi connectivity index (χ1) is 14.0. The van der Waals surface area contributed by atoms with Gasteiger partial charge in [0.2, 0.25) is 5.91 Å². The monoisotopic (exact) mass is 398 g/mol. The quantitative estimate of drug-likeness (QED) is 0.783. The fourth-order valence-electron chi connectivity index (χ4n) is 4.10. The van der Waals surface area contributed by atoms with Crippen molar-refractivity contribution in [1.29, 1.82) is 0 Å². The van der Waals surface area contributed by atoms with Crippen LogP contribution in [0.2, 0.25) is 0 Å². The highest BCUT2D eigenvalue weighted by atomic mass is 19.1. The van der Waals surface area contributed by atoms with E-state index in [0.717, 1.165) is 43.9 Å². The predicted molar refractivity (Wildman–Crippen MR) is 110 cm³/mol. The maximum absolute atomic E-state index is 13.2. The Morgan fingerprint density at radius 2 is 1.69 bits per heavy atom. The molecule has 29 heavy (non-hydrogen) atoms. The second kappa shape index (κ2) is 8.47. The summed E-state index contributed by atoms with van der Waals surface area (Å²) in [5.41, 5.74) is 2.46. The molecule has 1 fully saturated rings. The number of halogens is 1. The van der Waals surface area contributed by atoms with E-state index in [4.69, 9.17) is 0 Å². The lowest BCUT2D eigenvalue weighted by atomic mass is 10.0. The van der Waals surface area contributed by atoms with Gasteiger partial charge in [-0.15, -0.1) is 0 Å². The molecule has 0 aliphatic carbocycles. The first kappa shape index (κ1) is 19.8. The van der Waals surface area contributed by atoms with Crippen LogP contribution in [0.5, 0.6) is 0 Å². The first-order valence-electron chi connectivity index (χ1n) is 10.3. The van der Waals surface area contributed by atoms with Crippen LogP contribution < -0.4 is 5.56 Å². The number of piperazine rings is 1. The van der Waals surface area contributed by atoms with Crippen molar-refractivity contribution in [3.05, 3.63) is 63.8 Å². The predicted octanol–water partition coefficient (Wildman–Crippen LogP) is 1.50. The lowest BCUT2D eigenvalue weighted by Crippen LogP contribution is -2.50. The van der Waals surface area contributed by atoms with E-state index in [2.05, 4.69) is 16.7 Å². The number of hydrogen-bond acceptors (Lipinski definition) is 4. The van der Waals surface area contributed by atoms with E-state index in [-0.39, 0.29) is 17.3 Å². The number of benzene rings is 1. The summed E-state index contributed by atoms with van der Waals surface area (Å²) >= 11 is 0. The molecular formula is C22H27FN4O2. The highest BCUT2D eigenvalue weighted by molar-refractivity contribution is 5.78. The van der Waals surface area contributed by atoms with Gasteiger partial charge in [-0.05, 0) is 48.4 Å². The first-order valence-corrected chi connectivity index (χ1v) is 10.3. The molecule has 7 heteroatoms. The summed E-state index contributed by atoms with van der Waals surface area (Å²) in [5, 5.41) is 0. The SMILES string of the molecule is CCN1CCN(CC(=O)N2CCc3cc(=O)n(-c4ccc(F)cc4)cc3C2)CC1. The lowest BCUT2D eigenvalue weighted by Gasteiger charge is -2.36. The van der Waals surface area contributed by atoms with Crippen molar-refractivity contribution in [2.75, 3.05) is 45.8 Å². The molecule has 0 unspecified atom stereocenters. The zero-order valence-corrected chi connectivity index (χ0v) is 16.8. The van der Waals surface area contributed by atoms with E-state index in [9.17, 15) is 14.0 Å². The van der Waals surface area contributed by atoms with Gasteiger partial charge >= 0.3 is 0 Å². The van der Waals surface area contributed by atoms with Gasteiger partial charge in [-0.1, -0.05) is 6.92 Å². The highest BCUT2D eigenvalue weighted by Gasteiger charge is 2.25. The molecule has 6 nitrogen and oxygen atoms in total. The van der Waals surface area contributed by atoms with Crippen LogP contribution >= 0.6 is 0 Å². The Labute approximate surface area is 170 Å². The van der Waals surface area contributed by atoms with Gasteiger partial charge in [0.05, 0.1) is 6.54 Å². The van der Waals surface area contributed by atoms with Crippen LogP contribution in [-0.2, 0) is 17.8 Å². The average molecular weight is 398 g/mol. The smallest absolute Gasteiger partial charge is 0.255 e. The van der Waals surface area contributed by atoms with Crippen LogP contribution in [0.3, 0.4) is 0 Å². The van der Waals surface area contributed by atoms with Crippen molar-refractivity contribution < 1.29 is 9.18 Å². The van der Waals surface area contributed by atoms with E-state index in [1.807, 2.05) is 4.90 Å². The standard InChI is InChI=1S/C22H27FN4O2/c1-2-24-9-11-25(12-10-24)16-22(29)26-8-7-17-13-21(28)27(15-18(17)14-26)20-5-3-19(23)4-6-20/h3-6,13,15H,2,7-12,14,16H2,1H3. The summed E-state index contributed by atoms with van der Waals surface area (Å²) in [7, 11) is 0. The molecule has 1 aromatic heterocycles. The Balaban J connectivity index is 1.46. The van der Waals surface area contributed by atoms with Crippen LogP contribution in [0.4, 0.5) is 4.39 Å². The van der Waals surface area contributed by atoms with Gasteiger partial charge in [0.25, 0.3) is 5.56 Å².